The SMILES string of the molecule is COc1nc(OC)c2c(n1)N(c1ccccc1)CCCN2C. The molecule has 0 N–H and O–H groups in total. The van der Waals surface area contributed by atoms with Crippen LogP contribution in [0.25, 0.3) is 0 Å². The van der Waals surface area contributed by atoms with E-state index in [2.05, 4.69) is 31.9 Å². The summed E-state index contributed by atoms with van der Waals surface area (Å²) in [5.41, 5.74) is 1.99. The van der Waals surface area contributed by atoms with Crippen LogP contribution in [0.15, 0.2) is 30.3 Å². The van der Waals surface area contributed by atoms with E-state index >= 15 is 0 Å². The third kappa shape index (κ3) is 2.52. The molecule has 1 aliphatic heterocycles. The topological polar surface area (TPSA) is 50.7 Å². The first kappa shape index (κ1) is 14.4. The van der Waals surface area contributed by atoms with Gasteiger partial charge in [-0.05, 0) is 18.6 Å². The lowest BCUT2D eigenvalue weighted by Gasteiger charge is -2.25. The Morgan fingerprint density at radius 1 is 1.00 bits per heavy atom. The quantitative estimate of drug-likeness (QED) is 0.868. The van der Waals surface area contributed by atoms with Gasteiger partial charge in [-0.15, -0.1) is 0 Å². The van der Waals surface area contributed by atoms with Gasteiger partial charge in [-0.2, -0.15) is 9.97 Å². The molecule has 0 bridgehead atoms. The number of anilines is 3. The van der Waals surface area contributed by atoms with Crippen molar-refractivity contribution in [3.63, 3.8) is 0 Å². The van der Waals surface area contributed by atoms with Crippen LogP contribution in [0.4, 0.5) is 17.2 Å². The molecule has 0 saturated heterocycles. The Bertz CT molecular complexity index is 648. The van der Waals surface area contributed by atoms with E-state index < -0.39 is 0 Å². The number of nitrogens with zero attached hydrogens (tertiary/aromatic N) is 4. The molecule has 0 spiro atoms. The van der Waals surface area contributed by atoms with Crippen molar-refractivity contribution in [1.82, 2.24) is 9.97 Å². The largest absolute Gasteiger partial charge is 0.479 e. The van der Waals surface area contributed by atoms with Crippen molar-refractivity contribution in [1.29, 1.82) is 0 Å². The van der Waals surface area contributed by atoms with Gasteiger partial charge < -0.3 is 19.3 Å². The molecule has 22 heavy (non-hydrogen) atoms. The van der Waals surface area contributed by atoms with E-state index in [9.17, 15) is 0 Å². The maximum Gasteiger partial charge on any atom is 0.321 e. The summed E-state index contributed by atoms with van der Waals surface area (Å²) in [6.45, 7) is 1.80. The van der Waals surface area contributed by atoms with Crippen LogP contribution in [0.3, 0.4) is 0 Å². The highest BCUT2D eigenvalue weighted by molar-refractivity contribution is 5.78. The molecule has 0 saturated carbocycles. The molecule has 1 aliphatic rings. The summed E-state index contributed by atoms with van der Waals surface area (Å²) in [5.74, 6) is 1.35. The summed E-state index contributed by atoms with van der Waals surface area (Å²) in [4.78, 5) is 13.2. The lowest BCUT2D eigenvalue weighted by atomic mass is 10.2. The summed E-state index contributed by atoms with van der Waals surface area (Å²) in [7, 11) is 5.22. The summed E-state index contributed by atoms with van der Waals surface area (Å²) in [6.07, 6.45) is 1.02. The van der Waals surface area contributed by atoms with E-state index in [-0.39, 0.29) is 0 Å². The van der Waals surface area contributed by atoms with E-state index in [1.807, 2.05) is 25.2 Å². The predicted octanol–water partition coefficient (Wildman–Crippen LogP) is 2.47. The molecule has 6 nitrogen and oxygen atoms in total. The number of benzene rings is 1. The van der Waals surface area contributed by atoms with E-state index in [0.29, 0.717) is 11.9 Å². The first-order valence-electron chi connectivity index (χ1n) is 7.28. The third-order valence-electron chi connectivity index (χ3n) is 3.77. The van der Waals surface area contributed by atoms with Crippen LogP contribution in [-0.4, -0.2) is 44.3 Å². The highest BCUT2D eigenvalue weighted by atomic mass is 16.5. The first-order valence-corrected chi connectivity index (χ1v) is 7.28. The minimum atomic E-state index is 0.312. The average molecular weight is 300 g/mol. The Balaban J connectivity index is 2.19. The van der Waals surface area contributed by atoms with Crippen molar-refractivity contribution < 1.29 is 9.47 Å². The second kappa shape index (κ2) is 6.09. The molecule has 0 aliphatic carbocycles. The molecule has 1 aromatic carbocycles. The van der Waals surface area contributed by atoms with Crippen LogP contribution >= 0.6 is 0 Å². The lowest BCUT2D eigenvalue weighted by molar-refractivity contribution is 0.353. The molecular weight excluding hydrogens is 280 g/mol. The number of methoxy groups -OCH3 is 2. The number of hydrogen-bond donors (Lipinski definition) is 0. The zero-order valence-electron chi connectivity index (χ0n) is 13.1. The molecule has 116 valence electrons. The number of aromatic nitrogens is 2. The highest BCUT2D eigenvalue weighted by Crippen LogP contribution is 2.41. The van der Waals surface area contributed by atoms with Crippen molar-refractivity contribution in [3.8, 4) is 11.9 Å². The van der Waals surface area contributed by atoms with E-state index in [1.54, 1.807) is 14.2 Å². The molecule has 0 fully saturated rings. The van der Waals surface area contributed by atoms with Gasteiger partial charge in [-0.25, -0.2) is 0 Å². The molecule has 6 heteroatoms. The number of rotatable bonds is 3. The highest BCUT2D eigenvalue weighted by Gasteiger charge is 2.27. The Labute approximate surface area is 130 Å². The van der Waals surface area contributed by atoms with Crippen LogP contribution in [0.5, 0.6) is 11.9 Å². The Morgan fingerprint density at radius 2 is 1.77 bits per heavy atom. The van der Waals surface area contributed by atoms with Crippen LogP contribution < -0.4 is 19.3 Å². The Morgan fingerprint density at radius 3 is 2.45 bits per heavy atom. The molecule has 0 atom stereocenters. The molecule has 2 heterocycles. The van der Waals surface area contributed by atoms with Crippen molar-refractivity contribution in [2.75, 3.05) is 44.2 Å². The summed E-state index contributed by atoms with van der Waals surface area (Å²) < 4.78 is 10.7. The van der Waals surface area contributed by atoms with Crippen molar-refractivity contribution in [2.24, 2.45) is 0 Å². The molecule has 1 aromatic heterocycles. The lowest BCUT2D eigenvalue weighted by Crippen LogP contribution is -2.20. The maximum atomic E-state index is 5.47. The third-order valence-corrected chi connectivity index (χ3v) is 3.77. The van der Waals surface area contributed by atoms with Gasteiger partial charge in [-0.3, -0.25) is 0 Å². The monoisotopic (exact) mass is 300 g/mol. The maximum absolute atomic E-state index is 5.47. The Kier molecular flexibility index (Phi) is 4.00. The number of para-hydroxylation sites is 1. The fourth-order valence-electron chi connectivity index (χ4n) is 2.70. The fourth-order valence-corrected chi connectivity index (χ4v) is 2.70. The number of ether oxygens (including phenoxy) is 2. The smallest absolute Gasteiger partial charge is 0.321 e. The number of hydrogen-bond acceptors (Lipinski definition) is 6. The zero-order chi connectivity index (χ0) is 15.5. The van der Waals surface area contributed by atoms with Gasteiger partial charge in [0, 0.05) is 25.8 Å². The normalized spacial score (nSPS) is 14.3. The summed E-state index contributed by atoms with van der Waals surface area (Å²) in [6, 6.07) is 10.5. The molecule has 0 unspecified atom stereocenters. The van der Waals surface area contributed by atoms with E-state index in [0.717, 1.165) is 36.7 Å². The van der Waals surface area contributed by atoms with Crippen LogP contribution in [0.1, 0.15) is 6.42 Å². The van der Waals surface area contributed by atoms with Gasteiger partial charge in [0.05, 0.1) is 14.2 Å². The zero-order valence-corrected chi connectivity index (χ0v) is 13.1. The van der Waals surface area contributed by atoms with Crippen LogP contribution in [-0.2, 0) is 0 Å². The van der Waals surface area contributed by atoms with Crippen LogP contribution in [0.2, 0.25) is 0 Å². The molecule has 0 radical (unpaired) electrons. The molecule has 2 aromatic rings. The molecule has 3 rings (SSSR count). The van der Waals surface area contributed by atoms with Crippen LogP contribution in [0, 0.1) is 0 Å². The second-order valence-electron chi connectivity index (χ2n) is 5.15. The first-order chi connectivity index (χ1) is 10.7. The van der Waals surface area contributed by atoms with Gasteiger partial charge in [0.1, 0.15) is 5.69 Å². The summed E-state index contributed by atoms with van der Waals surface area (Å²) in [5, 5.41) is 0. The Hall–Kier alpha value is -2.50. The minimum Gasteiger partial charge on any atom is -0.479 e. The van der Waals surface area contributed by atoms with E-state index in [4.69, 9.17) is 9.47 Å². The molecular formula is C16H20N4O2. The fraction of sp³-hybridized carbons (Fsp3) is 0.375. The molecule has 0 amide bonds. The van der Waals surface area contributed by atoms with Gasteiger partial charge >= 0.3 is 6.01 Å². The standard InChI is InChI=1S/C16H20N4O2/c1-19-10-7-11-20(12-8-5-4-6-9-12)14-13(19)15(21-2)18-16(17-14)22-3/h4-6,8-9H,7,10-11H2,1-3H3. The van der Waals surface area contributed by atoms with Crippen molar-refractivity contribution in [3.05, 3.63) is 30.3 Å². The van der Waals surface area contributed by atoms with Gasteiger partial charge in [0.25, 0.3) is 0 Å². The second-order valence-corrected chi connectivity index (χ2v) is 5.15. The van der Waals surface area contributed by atoms with Gasteiger partial charge in [0.15, 0.2) is 5.82 Å². The minimum absolute atomic E-state index is 0.312. The number of fused-ring (bicyclic) bond motifs is 1. The average Bonchev–Trinajstić information content (AvgIpc) is 2.74. The van der Waals surface area contributed by atoms with Crippen molar-refractivity contribution >= 4 is 17.2 Å². The predicted molar refractivity (Wildman–Crippen MR) is 86.5 cm³/mol. The summed E-state index contributed by atoms with van der Waals surface area (Å²) >= 11 is 0. The van der Waals surface area contributed by atoms with Gasteiger partial charge in [-0.1, -0.05) is 18.2 Å². The van der Waals surface area contributed by atoms with Crippen molar-refractivity contribution in [2.45, 2.75) is 6.42 Å². The van der Waals surface area contributed by atoms with Gasteiger partial charge in [0.2, 0.25) is 5.88 Å². The van der Waals surface area contributed by atoms with E-state index in [1.165, 1.54) is 0 Å².